The lowest BCUT2D eigenvalue weighted by Crippen LogP contribution is -2.49. The molecule has 4 nitrogen and oxygen atoms in total. The van der Waals surface area contributed by atoms with E-state index in [1.807, 2.05) is 29.2 Å². The molecule has 1 saturated heterocycles. The van der Waals surface area contributed by atoms with Gasteiger partial charge in [-0.25, -0.2) is 0 Å². The van der Waals surface area contributed by atoms with Crippen LogP contribution in [0.25, 0.3) is 10.8 Å². The zero-order valence-electron chi connectivity index (χ0n) is 15.8. The smallest absolute Gasteiger partial charge is 0.257 e. The van der Waals surface area contributed by atoms with Gasteiger partial charge in [-0.15, -0.1) is 0 Å². The van der Waals surface area contributed by atoms with Crippen molar-refractivity contribution < 1.29 is 9.90 Å². The minimum Gasteiger partial charge on any atom is -0.507 e. The monoisotopic (exact) mass is 360 g/mol. The molecule has 0 bridgehead atoms. The number of piperazine rings is 1. The Morgan fingerprint density at radius 1 is 0.889 bits per heavy atom. The Labute approximate surface area is 159 Å². The molecule has 0 aromatic heterocycles. The average molecular weight is 360 g/mol. The lowest BCUT2D eigenvalue weighted by atomic mass is 10.0. The second-order valence-electron chi connectivity index (χ2n) is 7.21. The highest BCUT2D eigenvalue weighted by Gasteiger charge is 2.25. The van der Waals surface area contributed by atoms with Crippen LogP contribution in [-0.4, -0.2) is 42.1 Å². The lowest BCUT2D eigenvalue weighted by molar-refractivity contribution is 0.0744. The molecule has 0 atom stereocenters. The first-order valence-corrected chi connectivity index (χ1v) is 9.37. The number of phenols is 1. The summed E-state index contributed by atoms with van der Waals surface area (Å²) in [6.07, 6.45) is 0. The Hall–Kier alpha value is -3.01. The van der Waals surface area contributed by atoms with Crippen molar-refractivity contribution in [1.29, 1.82) is 0 Å². The molecule has 0 saturated carbocycles. The Morgan fingerprint density at radius 2 is 1.56 bits per heavy atom. The second kappa shape index (κ2) is 6.95. The van der Waals surface area contributed by atoms with Crippen molar-refractivity contribution in [1.82, 2.24) is 4.90 Å². The summed E-state index contributed by atoms with van der Waals surface area (Å²) in [7, 11) is 0. The zero-order valence-corrected chi connectivity index (χ0v) is 15.8. The van der Waals surface area contributed by atoms with E-state index >= 15 is 0 Å². The number of rotatable bonds is 2. The van der Waals surface area contributed by atoms with Crippen molar-refractivity contribution >= 4 is 22.4 Å². The molecule has 0 aliphatic carbocycles. The van der Waals surface area contributed by atoms with Crippen LogP contribution in [-0.2, 0) is 0 Å². The molecular weight excluding hydrogens is 336 g/mol. The maximum Gasteiger partial charge on any atom is 0.257 e. The van der Waals surface area contributed by atoms with Crippen molar-refractivity contribution in [3.05, 3.63) is 71.3 Å². The third kappa shape index (κ3) is 3.23. The van der Waals surface area contributed by atoms with Crippen molar-refractivity contribution in [2.75, 3.05) is 31.1 Å². The second-order valence-corrected chi connectivity index (χ2v) is 7.21. The summed E-state index contributed by atoms with van der Waals surface area (Å²) in [5, 5.41) is 12.3. The summed E-state index contributed by atoms with van der Waals surface area (Å²) >= 11 is 0. The molecule has 0 unspecified atom stereocenters. The van der Waals surface area contributed by atoms with Crippen LogP contribution in [0.3, 0.4) is 0 Å². The number of aromatic hydroxyl groups is 1. The Kier molecular flexibility index (Phi) is 4.48. The Balaban J connectivity index is 1.52. The zero-order chi connectivity index (χ0) is 19.0. The minimum atomic E-state index is -0.0983. The largest absolute Gasteiger partial charge is 0.507 e. The molecule has 4 heteroatoms. The van der Waals surface area contributed by atoms with Gasteiger partial charge in [0.1, 0.15) is 5.75 Å². The highest BCUT2D eigenvalue weighted by Crippen LogP contribution is 2.28. The molecule has 1 aliphatic rings. The van der Waals surface area contributed by atoms with E-state index in [0.717, 1.165) is 23.9 Å². The van der Waals surface area contributed by atoms with Gasteiger partial charge in [-0.3, -0.25) is 4.79 Å². The van der Waals surface area contributed by atoms with Crippen molar-refractivity contribution in [3.8, 4) is 5.75 Å². The normalized spacial score (nSPS) is 14.6. The van der Waals surface area contributed by atoms with Gasteiger partial charge in [0.05, 0.1) is 5.56 Å². The molecule has 1 aliphatic heterocycles. The fourth-order valence-electron chi connectivity index (χ4n) is 3.80. The average Bonchev–Trinajstić information content (AvgIpc) is 2.69. The highest BCUT2D eigenvalue weighted by atomic mass is 16.3. The van der Waals surface area contributed by atoms with E-state index in [1.54, 1.807) is 12.1 Å². The van der Waals surface area contributed by atoms with Gasteiger partial charge in [0.25, 0.3) is 5.91 Å². The van der Waals surface area contributed by atoms with E-state index < -0.39 is 0 Å². The predicted octanol–water partition coefficient (Wildman–Crippen LogP) is 4.12. The van der Waals surface area contributed by atoms with E-state index in [9.17, 15) is 9.90 Å². The molecule has 3 aromatic rings. The number of nitrogens with zero attached hydrogens (tertiary/aromatic N) is 2. The number of hydrogen-bond donors (Lipinski definition) is 1. The molecular formula is C23H24N2O2. The van der Waals surface area contributed by atoms with E-state index in [0.29, 0.717) is 18.7 Å². The molecule has 4 rings (SSSR count). The van der Waals surface area contributed by atoms with Crippen LogP contribution < -0.4 is 4.90 Å². The van der Waals surface area contributed by atoms with Gasteiger partial charge in [-0.1, -0.05) is 36.4 Å². The van der Waals surface area contributed by atoms with E-state index in [1.165, 1.54) is 16.8 Å². The van der Waals surface area contributed by atoms with Crippen LogP contribution in [0.15, 0.2) is 54.6 Å². The van der Waals surface area contributed by atoms with Gasteiger partial charge < -0.3 is 14.9 Å². The summed E-state index contributed by atoms with van der Waals surface area (Å²) in [6, 6.07) is 17.6. The quantitative estimate of drug-likeness (QED) is 0.747. The summed E-state index contributed by atoms with van der Waals surface area (Å²) in [5.41, 5.74) is 4.21. The fourth-order valence-corrected chi connectivity index (χ4v) is 3.80. The van der Waals surface area contributed by atoms with Crippen molar-refractivity contribution in [3.63, 3.8) is 0 Å². The number of aryl methyl sites for hydroxylation is 1. The van der Waals surface area contributed by atoms with Gasteiger partial charge in [-0.2, -0.15) is 0 Å². The van der Waals surface area contributed by atoms with Crippen LogP contribution in [0, 0.1) is 13.8 Å². The van der Waals surface area contributed by atoms with Gasteiger partial charge in [0, 0.05) is 31.9 Å². The third-order valence-electron chi connectivity index (χ3n) is 5.58. The molecule has 27 heavy (non-hydrogen) atoms. The number of fused-ring (bicyclic) bond motifs is 1. The Morgan fingerprint density at radius 3 is 2.26 bits per heavy atom. The van der Waals surface area contributed by atoms with Gasteiger partial charge in [-0.05, 0) is 53.9 Å². The minimum absolute atomic E-state index is 0.0515. The van der Waals surface area contributed by atoms with Crippen LogP contribution in [0.4, 0.5) is 5.69 Å². The first-order valence-electron chi connectivity index (χ1n) is 9.37. The summed E-state index contributed by atoms with van der Waals surface area (Å²) in [6.45, 7) is 7.17. The molecule has 3 aromatic carbocycles. The lowest BCUT2D eigenvalue weighted by Gasteiger charge is -2.37. The number of carbonyl (C=O) groups excluding carboxylic acids is 1. The highest BCUT2D eigenvalue weighted by molar-refractivity contribution is 6.01. The Bertz CT molecular complexity index is 1000. The number of amides is 1. The van der Waals surface area contributed by atoms with Crippen molar-refractivity contribution in [2.45, 2.75) is 13.8 Å². The molecule has 138 valence electrons. The molecule has 1 fully saturated rings. The number of phenolic OH excluding ortho intramolecular Hbond substituents is 1. The molecule has 1 amide bonds. The van der Waals surface area contributed by atoms with Crippen molar-refractivity contribution in [2.24, 2.45) is 0 Å². The third-order valence-corrected chi connectivity index (χ3v) is 5.58. The molecule has 0 spiro atoms. The van der Waals surface area contributed by atoms with E-state index in [2.05, 4.69) is 36.9 Å². The SMILES string of the molecule is Cc1cccc(N2CCN(C(=O)c3cc4ccccc4cc3O)CC2)c1C. The van der Waals surface area contributed by atoms with E-state index in [4.69, 9.17) is 0 Å². The number of anilines is 1. The van der Waals surface area contributed by atoms with Gasteiger partial charge in [0.2, 0.25) is 0 Å². The first-order chi connectivity index (χ1) is 13.0. The topological polar surface area (TPSA) is 43.8 Å². The standard InChI is InChI=1S/C23H24N2O2/c1-16-6-5-9-21(17(16)2)24-10-12-25(13-11-24)23(27)20-14-18-7-3-4-8-19(18)15-22(20)26/h3-9,14-15,26H,10-13H2,1-2H3. The van der Waals surface area contributed by atoms with Crippen LogP contribution in [0.2, 0.25) is 0 Å². The maximum atomic E-state index is 13.0. The van der Waals surface area contributed by atoms with Crippen LogP contribution in [0.1, 0.15) is 21.5 Å². The number of carbonyl (C=O) groups is 1. The molecule has 1 N–H and O–H groups in total. The summed E-state index contributed by atoms with van der Waals surface area (Å²) < 4.78 is 0. The van der Waals surface area contributed by atoms with E-state index in [-0.39, 0.29) is 11.7 Å². The number of benzene rings is 3. The van der Waals surface area contributed by atoms with Crippen LogP contribution in [0.5, 0.6) is 5.75 Å². The fraction of sp³-hybridized carbons (Fsp3) is 0.261. The maximum absolute atomic E-state index is 13.0. The summed E-state index contributed by atoms with van der Waals surface area (Å²) in [4.78, 5) is 17.2. The van der Waals surface area contributed by atoms with Gasteiger partial charge >= 0.3 is 0 Å². The predicted molar refractivity (Wildman–Crippen MR) is 110 cm³/mol. The first kappa shape index (κ1) is 17.4. The summed E-state index contributed by atoms with van der Waals surface area (Å²) in [5.74, 6) is -0.0467. The van der Waals surface area contributed by atoms with Crippen LogP contribution >= 0.6 is 0 Å². The number of hydrogen-bond acceptors (Lipinski definition) is 3. The molecule has 0 radical (unpaired) electrons. The van der Waals surface area contributed by atoms with Gasteiger partial charge in [0.15, 0.2) is 0 Å². The molecule has 1 heterocycles.